The minimum Gasteiger partial charge on any atom is -0.494 e. The third-order valence-electron chi connectivity index (χ3n) is 4.01. The van der Waals surface area contributed by atoms with E-state index in [1.54, 1.807) is 17.2 Å². The van der Waals surface area contributed by atoms with E-state index >= 15 is 0 Å². The fourth-order valence-corrected chi connectivity index (χ4v) is 2.45. The van der Waals surface area contributed by atoms with Crippen molar-refractivity contribution in [3.05, 3.63) is 42.2 Å². The summed E-state index contributed by atoms with van der Waals surface area (Å²) in [6.45, 7) is 7.57. The van der Waals surface area contributed by atoms with E-state index in [0.717, 1.165) is 24.3 Å². The zero-order valence-corrected chi connectivity index (χ0v) is 15.3. The summed E-state index contributed by atoms with van der Waals surface area (Å²) in [4.78, 5) is 13.9. The first kappa shape index (κ1) is 19.0. The average molecular weight is 344 g/mol. The Hall–Kier alpha value is -2.37. The van der Waals surface area contributed by atoms with Crippen LogP contribution in [0.2, 0.25) is 0 Å². The van der Waals surface area contributed by atoms with E-state index in [4.69, 9.17) is 4.74 Å². The van der Waals surface area contributed by atoms with Crippen LogP contribution in [0.15, 0.2) is 36.7 Å². The van der Waals surface area contributed by atoms with Crippen LogP contribution in [0.1, 0.15) is 39.2 Å². The average Bonchev–Trinajstić information content (AvgIpc) is 3.11. The summed E-state index contributed by atoms with van der Waals surface area (Å²) in [6, 6.07) is 7.98. The van der Waals surface area contributed by atoms with Crippen LogP contribution in [0.3, 0.4) is 0 Å². The van der Waals surface area contributed by atoms with Crippen LogP contribution in [0, 0.1) is 5.92 Å². The van der Waals surface area contributed by atoms with Crippen LogP contribution in [-0.2, 0) is 17.8 Å². The predicted octanol–water partition coefficient (Wildman–Crippen LogP) is 2.84. The first-order valence-corrected chi connectivity index (χ1v) is 8.93. The molecule has 1 aromatic heterocycles. The van der Waals surface area contributed by atoms with Crippen molar-refractivity contribution >= 4 is 5.91 Å². The molecule has 2 rings (SSSR count). The smallest absolute Gasteiger partial charge is 0.220 e. The van der Waals surface area contributed by atoms with Crippen LogP contribution in [0.25, 0.3) is 0 Å². The van der Waals surface area contributed by atoms with Crippen molar-refractivity contribution in [2.24, 2.45) is 5.92 Å². The van der Waals surface area contributed by atoms with Gasteiger partial charge in [-0.3, -0.25) is 4.79 Å². The van der Waals surface area contributed by atoms with Crippen molar-refractivity contribution in [1.29, 1.82) is 0 Å². The molecule has 0 aliphatic rings. The van der Waals surface area contributed by atoms with Gasteiger partial charge in [0.2, 0.25) is 5.91 Å². The number of ether oxygens (including phenoxy) is 1. The van der Waals surface area contributed by atoms with Crippen molar-refractivity contribution < 1.29 is 9.53 Å². The Morgan fingerprint density at radius 1 is 1.20 bits per heavy atom. The number of nitrogens with zero attached hydrogens (tertiary/aromatic N) is 3. The molecule has 1 amide bonds. The Kier molecular flexibility index (Phi) is 7.44. The highest BCUT2D eigenvalue weighted by Gasteiger charge is 2.17. The van der Waals surface area contributed by atoms with Gasteiger partial charge >= 0.3 is 0 Å². The van der Waals surface area contributed by atoms with E-state index in [0.29, 0.717) is 25.3 Å². The zero-order valence-electron chi connectivity index (χ0n) is 15.3. The van der Waals surface area contributed by atoms with E-state index in [1.807, 2.05) is 24.3 Å². The Morgan fingerprint density at radius 2 is 1.88 bits per heavy atom. The summed E-state index contributed by atoms with van der Waals surface area (Å²) < 4.78 is 5.57. The third kappa shape index (κ3) is 6.57. The van der Waals surface area contributed by atoms with Gasteiger partial charge in [0.05, 0.1) is 31.6 Å². The normalized spacial score (nSPS) is 12.2. The Bertz CT molecular complexity index is 623. The molecule has 25 heavy (non-hydrogen) atoms. The van der Waals surface area contributed by atoms with Crippen LogP contribution in [0.4, 0.5) is 0 Å². The summed E-state index contributed by atoms with van der Waals surface area (Å²) >= 11 is 0. The van der Waals surface area contributed by atoms with Gasteiger partial charge in [0.25, 0.3) is 0 Å². The first-order valence-electron chi connectivity index (χ1n) is 8.93. The van der Waals surface area contributed by atoms with Gasteiger partial charge < -0.3 is 10.1 Å². The molecule has 1 atom stereocenters. The molecule has 0 aliphatic heterocycles. The molecule has 0 saturated carbocycles. The SMILES string of the molecule is CCCOc1ccc(CCC(=O)N[C@H](Cn2nccn2)C(C)C)cc1. The van der Waals surface area contributed by atoms with E-state index in [1.165, 1.54) is 0 Å². The van der Waals surface area contributed by atoms with Crippen LogP contribution >= 0.6 is 0 Å². The van der Waals surface area contributed by atoms with Gasteiger partial charge in [0, 0.05) is 6.42 Å². The lowest BCUT2D eigenvalue weighted by Crippen LogP contribution is -2.42. The number of nitrogens with one attached hydrogen (secondary N) is 1. The minimum absolute atomic E-state index is 0.0183. The lowest BCUT2D eigenvalue weighted by Gasteiger charge is -2.21. The summed E-state index contributed by atoms with van der Waals surface area (Å²) in [5, 5.41) is 11.3. The van der Waals surface area contributed by atoms with Gasteiger partial charge in [-0.15, -0.1) is 0 Å². The maximum Gasteiger partial charge on any atom is 0.220 e. The molecule has 0 fully saturated rings. The second kappa shape index (κ2) is 9.81. The maximum absolute atomic E-state index is 12.3. The number of hydrogen-bond acceptors (Lipinski definition) is 4. The Morgan fingerprint density at radius 3 is 2.48 bits per heavy atom. The molecule has 1 heterocycles. The fraction of sp³-hybridized carbons (Fsp3) is 0.526. The topological polar surface area (TPSA) is 69.0 Å². The second-order valence-corrected chi connectivity index (χ2v) is 6.49. The Labute approximate surface area is 149 Å². The van der Waals surface area contributed by atoms with Crippen molar-refractivity contribution in [1.82, 2.24) is 20.3 Å². The molecule has 1 aromatic carbocycles. The fourth-order valence-electron chi connectivity index (χ4n) is 2.45. The molecule has 0 unspecified atom stereocenters. The van der Waals surface area contributed by atoms with Crippen molar-refractivity contribution in [2.45, 2.75) is 52.6 Å². The number of carbonyl (C=O) groups excluding carboxylic acids is 1. The number of hydrogen-bond donors (Lipinski definition) is 1. The predicted molar refractivity (Wildman–Crippen MR) is 97.3 cm³/mol. The molecule has 1 N–H and O–H groups in total. The summed E-state index contributed by atoms with van der Waals surface area (Å²) in [5.74, 6) is 1.24. The largest absolute Gasteiger partial charge is 0.494 e. The first-order chi connectivity index (χ1) is 12.1. The highest BCUT2D eigenvalue weighted by Crippen LogP contribution is 2.14. The summed E-state index contributed by atoms with van der Waals surface area (Å²) in [6.07, 6.45) is 5.46. The zero-order chi connectivity index (χ0) is 18.1. The minimum atomic E-state index is 0.0183. The molecular formula is C19H28N4O2. The number of rotatable bonds is 10. The van der Waals surface area contributed by atoms with E-state index < -0.39 is 0 Å². The highest BCUT2D eigenvalue weighted by atomic mass is 16.5. The van der Waals surface area contributed by atoms with Crippen LogP contribution in [0.5, 0.6) is 5.75 Å². The lowest BCUT2D eigenvalue weighted by atomic mass is 10.0. The van der Waals surface area contributed by atoms with Gasteiger partial charge in [-0.05, 0) is 36.5 Å². The van der Waals surface area contributed by atoms with Crippen molar-refractivity contribution in [2.75, 3.05) is 6.61 Å². The number of benzene rings is 1. The molecular weight excluding hydrogens is 316 g/mol. The molecule has 0 bridgehead atoms. The quantitative estimate of drug-likeness (QED) is 0.719. The molecule has 6 heteroatoms. The molecule has 2 aromatic rings. The number of aryl methyl sites for hydroxylation is 1. The van der Waals surface area contributed by atoms with Gasteiger partial charge in [0.1, 0.15) is 5.75 Å². The monoisotopic (exact) mass is 344 g/mol. The number of amides is 1. The number of aromatic nitrogens is 3. The van der Waals surface area contributed by atoms with Crippen molar-refractivity contribution in [3.8, 4) is 5.75 Å². The second-order valence-electron chi connectivity index (χ2n) is 6.49. The van der Waals surface area contributed by atoms with E-state index in [-0.39, 0.29) is 11.9 Å². The van der Waals surface area contributed by atoms with E-state index in [2.05, 4.69) is 36.3 Å². The molecule has 136 valence electrons. The lowest BCUT2D eigenvalue weighted by molar-refractivity contribution is -0.122. The highest BCUT2D eigenvalue weighted by molar-refractivity contribution is 5.76. The van der Waals surface area contributed by atoms with Crippen molar-refractivity contribution in [3.63, 3.8) is 0 Å². The molecule has 0 aliphatic carbocycles. The van der Waals surface area contributed by atoms with Gasteiger partial charge in [0.15, 0.2) is 0 Å². The summed E-state index contributed by atoms with van der Waals surface area (Å²) in [7, 11) is 0. The van der Waals surface area contributed by atoms with Gasteiger partial charge in [-0.1, -0.05) is 32.9 Å². The summed E-state index contributed by atoms with van der Waals surface area (Å²) in [5.41, 5.74) is 1.13. The van der Waals surface area contributed by atoms with Crippen LogP contribution in [-0.4, -0.2) is 33.5 Å². The maximum atomic E-state index is 12.3. The van der Waals surface area contributed by atoms with Crippen LogP contribution < -0.4 is 10.1 Å². The molecule has 0 saturated heterocycles. The Balaban J connectivity index is 1.80. The molecule has 0 radical (unpaired) electrons. The van der Waals surface area contributed by atoms with Gasteiger partial charge in [-0.2, -0.15) is 15.0 Å². The van der Waals surface area contributed by atoms with Gasteiger partial charge in [-0.25, -0.2) is 0 Å². The third-order valence-corrected chi connectivity index (χ3v) is 4.01. The molecule has 6 nitrogen and oxygen atoms in total. The standard InChI is InChI=1S/C19H28N4O2/c1-4-13-25-17-8-5-16(6-9-17)7-10-19(24)22-18(15(2)3)14-23-20-11-12-21-23/h5-6,8-9,11-12,15,18H,4,7,10,13-14H2,1-3H3,(H,22,24)/t18-/m1/s1. The molecule has 0 spiro atoms. The van der Waals surface area contributed by atoms with E-state index in [9.17, 15) is 4.79 Å². The number of carbonyl (C=O) groups is 1.